The van der Waals surface area contributed by atoms with Crippen LogP contribution in [0.15, 0.2) is 30.3 Å². The van der Waals surface area contributed by atoms with Gasteiger partial charge in [-0.15, -0.1) is 0 Å². The van der Waals surface area contributed by atoms with Crippen molar-refractivity contribution in [1.29, 1.82) is 0 Å². The highest BCUT2D eigenvalue weighted by Crippen LogP contribution is 2.57. The van der Waals surface area contributed by atoms with Crippen LogP contribution in [0.5, 0.6) is 0 Å². The molecule has 1 aromatic carbocycles. The molecule has 3 unspecified atom stereocenters. The SMILES string of the molecule is B[C@@H]1O[C@]2(C(C)C(=O)OCc3ccccc3)C(C)C1OC2(C)C. The number of carbonyl (C=O) groups is 1. The molecule has 1 aromatic rings. The van der Waals surface area contributed by atoms with Crippen molar-refractivity contribution in [3.05, 3.63) is 35.9 Å². The number of carbonyl (C=O) groups excluding carboxylic acids is 1. The summed E-state index contributed by atoms with van der Waals surface area (Å²) in [5.41, 5.74) is -0.154. The molecule has 2 bridgehead atoms. The van der Waals surface area contributed by atoms with Gasteiger partial charge in [0.2, 0.25) is 0 Å². The van der Waals surface area contributed by atoms with Gasteiger partial charge in [-0.1, -0.05) is 37.3 Å². The lowest BCUT2D eigenvalue weighted by Gasteiger charge is -2.46. The second-order valence-corrected chi connectivity index (χ2v) is 7.31. The molecule has 2 fully saturated rings. The normalized spacial score (nSPS) is 35.9. The molecule has 0 amide bonds. The van der Waals surface area contributed by atoms with Crippen LogP contribution in [0.4, 0.5) is 0 Å². The smallest absolute Gasteiger partial charge is 0.312 e. The van der Waals surface area contributed by atoms with E-state index in [1.165, 1.54) is 0 Å². The van der Waals surface area contributed by atoms with Gasteiger partial charge in [-0.3, -0.25) is 4.79 Å². The van der Waals surface area contributed by atoms with Crippen LogP contribution < -0.4 is 0 Å². The van der Waals surface area contributed by atoms with Gasteiger partial charge in [0.25, 0.3) is 0 Å². The highest BCUT2D eigenvalue weighted by Gasteiger charge is 2.70. The van der Waals surface area contributed by atoms with Crippen LogP contribution in [-0.4, -0.2) is 37.1 Å². The van der Waals surface area contributed by atoms with Gasteiger partial charge in [0.1, 0.15) is 20.1 Å². The Kier molecular flexibility index (Phi) is 4.05. The van der Waals surface area contributed by atoms with E-state index in [1.807, 2.05) is 58.9 Å². The molecule has 0 aliphatic carbocycles. The van der Waals surface area contributed by atoms with Gasteiger partial charge in [-0.25, -0.2) is 0 Å². The fourth-order valence-corrected chi connectivity index (χ4v) is 4.50. The Bertz CT molecular complexity index is 588. The van der Waals surface area contributed by atoms with Gasteiger partial charge in [0, 0.05) is 5.92 Å². The highest BCUT2D eigenvalue weighted by molar-refractivity contribution is 6.11. The van der Waals surface area contributed by atoms with Crippen LogP contribution in [0.3, 0.4) is 0 Å². The van der Waals surface area contributed by atoms with Crippen LogP contribution in [-0.2, 0) is 25.6 Å². The second kappa shape index (κ2) is 5.64. The van der Waals surface area contributed by atoms with Crippen LogP contribution in [0.25, 0.3) is 0 Å². The predicted molar refractivity (Wildman–Crippen MR) is 89.7 cm³/mol. The van der Waals surface area contributed by atoms with E-state index in [4.69, 9.17) is 14.2 Å². The summed E-state index contributed by atoms with van der Waals surface area (Å²) in [4.78, 5) is 12.7. The summed E-state index contributed by atoms with van der Waals surface area (Å²) in [5, 5.41) is 0. The first-order valence-corrected chi connectivity index (χ1v) is 8.36. The average Bonchev–Trinajstić information content (AvgIpc) is 2.89. The quantitative estimate of drug-likeness (QED) is 0.629. The van der Waals surface area contributed by atoms with Gasteiger partial charge < -0.3 is 14.2 Å². The zero-order valence-electron chi connectivity index (χ0n) is 14.5. The Morgan fingerprint density at radius 3 is 2.52 bits per heavy atom. The molecule has 0 aromatic heterocycles. The Morgan fingerprint density at radius 2 is 1.96 bits per heavy atom. The number of hydrogen-bond donors (Lipinski definition) is 0. The first kappa shape index (κ1) is 16.5. The molecule has 4 nitrogen and oxygen atoms in total. The van der Waals surface area contributed by atoms with Crippen molar-refractivity contribution in [2.45, 2.75) is 57.6 Å². The molecule has 0 spiro atoms. The molecule has 23 heavy (non-hydrogen) atoms. The number of benzene rings is 1. The van der Waals surface area contributed by atoms with Crippen molar-refractivity contribution in [3.63, 3.8) is 0 Å². The summed E-state index contributed by atoms with van der Waals surface area (Å²) in [6.07, 6.45) is 0.0365. The van der Waals surface area contributed by atoms with Gasteiger partial charge in [-0.05, 0) is 26.3 Å². The number of ether oxygens (including phenoxy) is 3. The van der Waals surface area contributed by atoms with Crippen molar-refractivity contribution in [1.82, 2.24) is 0 Å². The molecule has 5 heteroatoms. The molecular weight excluding hydrogens is 291 g/mol. The van der Waals surface area contributed by atoms with Crippen molar-refractivity contribution in [2.75, 3.05) is 0 Å². The maximum Gasteiger partial charge on any atom is 0.312 e. The summed E-state index contributed by atoms with van der Waals surface area (Å²) < 4.78 is 18.0. The highest BCUT2D eigenvalue weighted by atomic mass is 16.6. The lowest BCUT2D eigenvalue weighted by Crippen LogP contribution is -2.59. The third-order valence-electron chi connectivity index (χ3n) is 5.61. The third kappa shape index (κ3) is 2.41. The van der Waals surface area contributed by atoms with E-state index in [-0.39, 0.29) is 36.5 Å². The summed E-state index contributed by atoms with van der Waals surface area (Å²) in [6.45, 7) is 8.32. The average molecular weight is 316 g/mol. The molecule has 124 valence electrons. The standard InChI is InChI=1S/C18H25BO4/c1-11-14-15(19)23-18(11,17(3,4)22-14)12(2)16(20)21-10-13-8-6-5-7-9-13/h5-9,11-12,14-15H,10,19H2,1-4H3/t11?,12?,14?,15-,18+/m1/s1. The van der Waals surface area contributed by atoms with E-state index in [2.05, 4.69) is 6.92 Å². The number of fused-ring (bicyclic) bond motifs is 2. The maximum absolute atomic E-state index is 12.7. The topological polar surface area (TPSA) is 44.8 Å². The molecule has 0 saturated carbocycles. The largest absolute Gasteiger partial charge is 0.461 e. The fraction of sp³-hybridized carbons (Fsp3) is 0.611. The van der Waals surface area contributed by atoms with Crippen LogP contribution in [0.1, 0.15) is 33.3 Å². The van der Waals surface area contributed by atoms with Crippen LogP contribution >= 0.6 is 0 Å². The Labute approximate surface area is 138 Å². The molecule has 2 heterocycles. The molecule has 5 atom stereocenters. The van der Waals surface area contributed by atoms with E-state index in [0.717, 1.165) is 5.56 Å². The number of rotatable bonds is 4. The Morgan fingerprint density at radius 1 is 1.30 bits per heavy atom. The predicted octanol–water partition coefficient (Wildman–Crippen LogP) is 1.91. The maximum atomic E-state index is 12.7. The minimum Gasteiger partial charge on any atom is -0.461 e. The van der Waals surface area contributed by atoms with Gasteiger partial charge in [0.15, 0.2) is 0 Å². The van der Waals surface area contributed by atoms with E-state index in [0.29, 0.717) is 0 Å². The van der Waals surface area contributed by atoms with E-state index < -0.39 is 11.2 Å². The van der Waals surface area contributed by atoms with Gasteiger partial charge in [-0.2, -0.15) is 0 Å². The molecule has 2 aliphatic rings. The first-order chi connectivity index (χ1) is 10.8. The van der Waals surface area contributed by atoms with E-state index >= 15 is 0 Å². The monoisotopic (exact) mass is 316 g/mol. The van der Waals surface area contributed by atoms with Crippen molar-refractivity contribution in [3.8, 4) is 0 Å². The Balaban J connectivity index is 1.76. The fourth-order valence-electron chi connectivity index (χ4n) is 4.50. The summed E-state index contributed by atoms with van der Waals surface area (Å²) in [6, 6.07) is 9.72. The first-order valence-electron chi connectivity index (χ1n) is 8.36. The Hall–Kier alpha value is -1.33. The molecule has 2 aliphatic heterocycles. The minimum atomic E-state index is -0.634. The van der Waals surface area contributed by atoms with E-state index in [9.17, 15) is 4.79 Å². The minimum absolute atomic E-state index is 0.00222. The lowest BCUT2D eigenvalue weighted by atomic mass is 9.70. The summed E-state index contributed by atoms with van der Waals surface area (Å²) in [7, 11) is 2.01. The molecule has 0 N–H and O–H groups in total. The zero-order valence-corrected chi connectivity index (χ0v) is 14.5. The van der Waals surface area contributed by atoms with Gasteiger partial charge >= 0.3 is 5.97 Å². The van der Waals surface area contributed by atoms with Crippen LogP contribution in [0, 0.1) is 11.8 Å². The van der Waals surface area contributed by atoms with Crippen molar-refractivity contribution >= 4 is 13.8 Å². The summed E-state index contributed by atoms with van der Waals surface area (Å²) in [5.74, 6) is -0.454. The second-order valence-electron chi connectivity index (χ2n) is 7.31. The lowest BCUT2D eigenvalue weighted by molar-refractivity contribution is -0.228. The van der Waals surface area contributed by atoms with Crippen molar-refractivity contribution in [2.24, 2.45) is 11.8 Å². The summed E-state index contributed by atoms with van der Waals surface area (Å²) >= 11 is 0. The van der Waals surface area contributed by atoms with Gasteiger partial charge in [0.05, 0.1) is 23.6 Å². The number of esters is 1. The molecular formula is C18H25BO4. The molecule has 2 saturated heterocycles. The molecule has 3 rings (SSSR count). The number of hydrogen-bond acceptors (Lipinski definition) is 4. The third-order valence-corrected chi connectivity index (χ3v) is 5.61. The molecule has 0 radical (unpaired) electrons. The zero-order chi connectivity index (χ0) is 16.8. The van der Waals surface area contributed by atoms with Crippen molar-refractivity contribution < 1.29 is 19.0 Å². The van der Waals surface area contributed by atoms with Crippen LogP contribution in [0.2, 0.25) is 0 Å². The van der Waals surface area contributed by atoms with E-state index in [1.54, 1.807) is 0 Å².